The van der Waals surface area contributed by atoms with Gasteiger partial charge in [0.2, 0.25) is 0 Å². The highest BCUT2D eigenvalue weighted by atomic mass is 35.5. The zero-order valence-electron chi connectivity index (χ0n) is 8.28. The Balaban J connectivity index is 0.00000128. The molecule has 0 saturated heterocycles. The van der Waals surface area contributed by atoms with E-state index in [1.165, 1.54) is 0 Å². The second-order valence-electron chi connectivity index (χ2n) is 3.09. The first kappa shape index (κ1) is 13.2. The molecule has 0 atom stereocenters. The molecule has 2 aromatic rings. The van der Waals surface area contributed by atoms with Crippen molar-refractivity contribution in [3.8, 4) is 0 Å². The van der Waals surface area contributed by atoms with E-state index in [2.05, 4.69) is 5.32 Å². The van der Waals surface area contributed by atoms with Crippen molar-refractivity contribution in [2.75, 3.05) is 5.32 Å². The summed E-state index contributed by atoms with van der Waals surface area (Å²) in [6.45, 7) is 0. The Morgan fingerprint density at radius 2 is 1.50 bits per heavy atom. The average Bonchev–Trinajstić information content (AvgIpc) is 2.26. The van der Waals surface area contributed by atoms with Crippen LogP contribution in [0, 0.1) is 0 Å². The zero-order chi connectivity index (χ0) is 10.7. The highest BCUT2D eigenvalue weighted by Gasteiger charge is 2.03. The van der Waals surface area contributed by atoms with Crippen LogP contribution in [0.2, 0.25) is 10.0 Å². The molecule has 1 nitrogen and oxygen atoms in total. The van der Waals surface area contributed by atoms with Crippen LogP contribution in [-0.2, 0) is 0 Å². The minimum atomic E-state index is 0. The van der Waals surface area contributed by atoms with E-state index in [1.807, 2.05) is 42.5 Å². The molecule has 2 aromatic carbocycles. The van der Waals surface area contributed by atoms with E-state index >= 15 is 0 Å². The molecule has 0 radical (unpaired) electrons. The Morgan fingerprint density at radius 1 is 0.812 bits per heavy atom. The lowest BCUT2D eigenvalue weighted by Crippen LogP contribution is -1.90. The second-order valence-corrected chi connectivity index (χ2v) is 3.88. The lowest BCUT2D eigenvalue weighted by molar-refractivity contribution is 1.55. The third kappa shape index (κ3) is 3.05. The molecule has 2 rings (SSSR count). The second kappa shape index (κ2) is 6.00. The maximum atomic E-state index is 6.05. The fourth-order valence-electron chi connectivity index (χ4n) is 1.28. The van der Waals surface area contributed by atoms with Crippen LogP contribution in [0.15, 0.2) is 48.5 Å². The van der Waals surface area contributed by atoms with Crippen LogP contribution in [-0.4, -0.2) is 0 Å². The smallest absolute Gasteiger partial charge is 0.0827 e. The fraction of sp³-hybridized carbons (Fsp3) is 0. The van der Waals surface area contributed by atoms with Gasteiger partial charge in [-0.2, -0.15) is 0 Å². The molecule has 16 heavy (non-hydrogen) atoms. The number of nitrogens with one attached hydrogen (secondary N) is 1. The quantitative estimate of drug-likeness (QED) is 0.797. The van der Waals surface area contributed by atoms with Crippen molar-refractivity contribution in [2.45, 2.75) is 0 Å². The third-order valence-electron chi connectivity index (χ3n) is 2.00. The van der Waals surface area contributed by atoms with Crippen LogP contribution in [0.25, 0.3) is 0 Å². The molecule has 0 aliphatic rings. The molecule has 0 saturated carbocycles. The van der Waals surface area contributed by atoms with Gasteiger partial charge in [-0.25, -0.2) is 0 Å². The molecule has 4 heteroatoms. The molecule has 84 valence electrons. The Kier molecular flexibility index (Phi) is 4.94. The van der Waals surface area contributed by atoms with Gasteiger partial charge in [0.15, 0.2) is 0 Å². The van der Waals surface area contributed by atoms with Crippen LogP contribution in [0.4, 0.5) is 11.4 Å². The van der Waals surface area contributed by atoms with Gasteiger partial charge >= 0.3 is 0 Å². The molecule has 0 amide bonds. The summed E-state index contributed by atoms with van der Waals surface area (Å²) in [5, 5.41) is 4.29. The van der Waals surface area contributed by atoms with Crippen molar-refractivity contribution < 1.29 is 0 Å². The number of anilines is 2. The molecular weight excluding hydrogens is 264 g/mol. The van der Waals surface area contributed by atoms with Crippen LogP contribution in [0.5, 0.6) is 0 Å². The molecule has 0 unspecified atom stereocenters. The lowest BCUT2D eigenvalue weighted by Gasteiger charge is -2.08. The number of para-hydroxylation sites is 1. The monoisotopic (exact) mass is 273 g/mol. The summed E-state index contributed by atoms with van der Waals surface area (Å²) in [6.07, 6.45) is 0. The SMILES string of the molecule is Cl.Clc1cccc(Nc2ccccc2)c1Cl. The number of rotatable bonds is 2. The van der Waals surface area contributed by atoms with E-state index < -0.39 is 0 Å². The van der Waals surface area contributed by atoms with Crippen LogP contribution in [0.3, 0.4) is 0 Å². The maximum absolute atomic E-state index is 6.05. The summed E-state index contributed by atoms with van der Waals surface area (Å²) in [7, 11) is 0. The summed E-state index contributed by atoms with van der Waals surface area (Å²) in [4.78, 5) is 0. The standard InChI is InChI=1S/C12H9Cl2N.ClH/c13-10-7-4-8-11(12(10)14)15-9-5-2-1-3-6-9;/h1-8,15H;1H. The summed E-state index contributed by atoms with van der Waals surface area (Å²) in [5.74, 6) is 0. The van der Waals surface area contributed by atoms with E-state index in [4.69, 9.17) is 23.2 Å². The van der Waals surface area contributed by atoms with E-state index in [-0.39, 0.29) is 12.4 Å². The number of halogens is 3. The first-order valence-electron chi connectivity index (χ1n) is 4.53. The van der Waals surface area contributed by atoms with Crippen LogP contribution in [0.1, 0.15) is 0 Å². The lowest BCUT2D eigenvalue weighted by atomic mass is 10.2. The first-order chi connectivity index (χ1) is 7.27. The highest BCUT2D eigenvalue weighted by Crippen LogP contribution is 2.31. The summed E-state index contributed by atoms with van der Waals surface area (Å²) in [6, 6.07) is 15.3. The van der Waals surface area contributed by atoms with E-state index in [0.717, 1.165) is 11.4 Å². The van der Waals surface area contributed by atoms with Gasteiger partial charge in [0.05, 0.1) is 15.7 Å². The number of benzene rings is 2. The van der Waals surface area contributed by atoms with Gasteiger partial charge in [0, 0.05) is 5.69 Å². The third-order valence-corrected chi connectivity index (χ3v) is 2.82. The van der Waals surface area contributed by atoms with E-state index in [9.17, 15) is 0 Å². The van der Waals surface area contributed by atoms with Gasteiger partial charge in [0.25, 0.3) is 0 Å². The van der Waals surface area contributed by atoms with Crippen molar-refractivity contribution in [1.82, 2.24) is 0 Å². The molecule has 0 heterocycles. The zero-order valence-corrected chi connectivity index (χ0v) is 10.6. The molecule has 0 aliphatic heterocycles. The van der Waals surface area contributed by atoms with E-state index in [1.54, 1.807) is 6.07 Å². The van der Waals surface area contributed by atoms with Crippen molar-refractivity contribution in [2.24, 2.45) is 0 Å². The molecular formula is C12H10Cl3N. The highest BCUT2D eigenvalue weighted by molar-refractivity contribution is 6.43. The van der Waals surface area contributed by atoms with E-state index in [0.29, 0.717) is 10.0 Å². The normalized spacial score (nSPS) is 9.38. The molecule has 0 fully saturated rings. The van der Waals surface area contributed by atoms with Gasteiger partial charge in [-0.3, -0.25) is 0 Å². The number of hydrogen-bond donors (Lipinski definition) is 1. The predicted molar refractivity (Wildman–Crippen MR) is 73.4 cm³/mol. The average molecular weight is 275 g/mol. The molecule has 0 aliphatic carbocycles. The van der Waals surface area contributed by atoms with Gasteiger partial charge in [0.1, 0.15) is 0 Å². The first-order valence-corrected chi connectivity index (χ1v) is 5.29. The van der Waals surface area contributed by atoms with Crippen LogP contribution >= 0.6 is 35.6 Å². The Hall–Kier alpha value is -0.890. The molecule has 0 aromatic heterocycles. The Morgan fingerprint density at radius 3 is 2.19 bits per heavy atom. The molecule has 0 spiro atoms. The minimum absolute atomic E-state index is 0. The number of hydrogen-bond acceptors (Lipinski definition) is 1. The van der Waals surface area contributed by atoms with Gasteiger partial charge in [-0.1, -0.05) is 47.5 Å². The van der Waals surface area contributed by atoms with Crippen molar-refractivity contribution in [1.29, 1.82) is 0 Å². The topological polar surface area (TPSA) is 12.0 Å². The van der Waals surface area contributed by atoms with Gasteiger partial charge in [-0.15, -0.1) is 12.4 Å². The van der Waals surface area contributed by atoms with Crippen molar-refractivity contribution >= 4 is 47.0 Å². The largest absolute Gasteiger partial charge is 0.354 e. The van der Waals surface area contributed by atoms with Gasteiger partial charge < -0.3 is 5.32 Å². The molecule has 0 bridgehead atoms. The Bertz CT molecular complexity index is 457. The van der Waals surface area contributed by atoms with Crippen LogP contribution < -0.4 is 5.32 Å². The molecule has 1 N–H and O–H groups in total. The predicted octanol–water partition coefficient (Wildman–Crippen LogP) is 5.16. The maximum Gasteiger partial charge on any atom is 0.0827 e. The summed E-state index contributed by atoms with van der Waals surface area (Å²) in [5.41, 5.74) is 1.80. The van der Waals surface area contributed by atoms with Gasteiger partial charge in [-0.05, 0) is 24.3 Å². The summed E-state index contributed by atoms with van der Waals surface area (Å²) >= 11 is 12.0. The fourth-order valence-corrected chi connectivity index (χ4v) is 1.63. The minimum Gasteiger partial charge on any atom is -0.354 e. The summed E-state index contributed by atoms with van der Waals surface area (Å²) < 4.78 is 0. The Labute approximate surface area is 111 Å². The van der Waals surface area contributed by atoms with Crippen molar-refractivity contribution in [3.63, 3.8) is 0 Å². The van der Waals surface area contributed by atoms with Crippen molar-refractivity contribution in [3.05, 3.63) is 58.6 Å².